The summed E-state index contributed by atoms with van der Waals surface area (Å²) in [5.41, 5.74) is 0.811. The van der Waals surface area contributed by atoms with E-state index < -0.39 is 10.2 Å². The van der Waals surface area contributed by atoms with Crippen molar-refractivity contribution in [3.63, 3.8) is 0 Å². The lowest BCUT2D eigenvalue weighted by molar-refractivity contribution is 0.362. The monoisotopic (exact) mass is 256 g/mol. The van der Waals surface area contributed by atoms with Gasteiger partial charge in [-0.15, -0.1) is 0 Å². The van der Waals surface area contributed by atoms with Crippen LogP contribution in [-0.4, -0.2) is 43.9 Å². The van der Waals surface area contributed by atoms with Crippen molar-refractivity contribution in [3.8, 4) is 0 Å². The van der Waals surface area contributed by atoms with Crippen LogP contribution in [0, 0.1) is 6.92 Å². The second kappa shape index (κ2) is 4.99. The summed E-state index contributed by atoms with van der Waals surface area (Å²) in [5.74, 6) is 0.394. The molecule has 1 fully saturated rings. The lowest BCUT2D eigenvalue weighted by Gasteiger charge is -2.26. The zero-order chi connectivity index (χ0) is 12.3. The van der Waals surface area contributed by atoms with Crippen LogP contribution >= 0.6 is 0 Å². The third-order valence-electron chi connectivity index (χ3n) is 2.65. The Balaban J connectivity index is 2.14. The molecule has 1 aromatic rings. The summed E-state index contributed by atoms with van der Waals surface area (Å²) in [6.07, 6.45) is 1.57. The third kappa shape index (κ3) is 2.93. The molecule has 1 aliphatic heterocycles. The van der Waals surface area contributed by atoms with Crippen LogP contribution in [0.1, 0.15) is 5.56 Å². The molecule has 0 amide bonds. The van der Waals surface area contributed by atoms with Gasteiger partial charge >= 0.3 is 10.2 Å². The zero-order valence-corrected chi connectivity index (χ0v) is 10.5. The molecule has 0 spiro atoms. The zero-order valence-electron chi connectivity index (χ0n) is 9.68. The van der Waals surface area contributed by atoms with E-state index in [2.05, 4.69) is 15.0 Å². The van der Waals surface area contributed by atoms with E-state index in [0.717, 1.165) is 5.56 Å². The normalized spacial score (nSPS) is 17.9. The Morgan fingerprint density at radius 3 is 2.76 bits per heavy atom. The van der Waals surface area contributed by atoms with Gasteiger partial charge in [-0.25, -0.2) is 4.98 Å². The highest BCUT2D eigenvalue weighted by atomic mass is 32.2. The Hall–Kier alpha value is -1.18. The first-order valence-corrected chi connectivity index (χ1v) is 6.94. The summed E-state index contributed by atoms with van der Waals surface area (Å²) in [6.45, 7) is 4.16. The number of hydrogen-bond donors (Lipinski definition) is 2. The fraction of sp³-hybridized carbons (Fsp3) is 0.500. The molecule has 94 valence electrons. The average Bonchev–Trinajstić information content (AvgIpc) is 2.33. The molecule has 2 rings (SSSR count). The lowest BCUT2D eigenvalue weighted by atomic mass is 10.3. The molecule has 7 heteroatoms. The molecule has 2 N–H and O–H groups in total. The maximum absolute atomic E-state index is 12.1. The van der Waals surface area contributed by atoms with E-state index in [-0.39, 0.29) is 0 Å². The van der Waals surface area contributed by atoms with Gasteiger partial charge in [-0.3, -0.25) is 4.72 Å². The number of aromatic nitrogens is 1. The van der Waals surface area contributed by atoms with Crippen LogP contribution in [0.3, 0.4) is 0 Å². The summed E-state index contributed by atoms with van der Waals surface area (Å²) in [4.78, 5) is 4.03. The summed E-state index contributed by atoms with van der Waals surface area (Å²) in [7, 11) is -3.48. The van der Waals surface area contributed by atoms with E-state index in [0.29, 0.717) is 32.0 Å². The van der Waals surface area contributed by atoms with Crippen LogP contribution in [0.4, 0.5) is 5.82 Å². The van der Waals surface area contributed by atoms with Gasteiger partial charge in [0.1, 0.15) is 5.82 Å². The highest BCUT2D eigenvalue weighted by Gasteiger charge is 2.24. The van der Waals surface area contributed by atoms with E-state index in [1.807, 2.05) is 13.0 Å². The first-order chi connectivity index (χ1) is 8.09. The quantitative estimate of drug-likeness (QED) is 0.795. The number of nitrogens with one attached hydrogen (secondary N) is 2. The van der Waals surface area contributed by atoms with Gasteiger partial charge in [0.05, 0.1) is 0 Å². The number of anilines is 1. The van der Waals surface area contributed by atoms with Gasteiger partial charge in [-0.2, -0.15) is 12.7 Å². The van der Waals surface area contributed by atoms with E-state index in [1.54, 1.807) is 12.3 Å². The minimum Gasteiger partial charge on any atom is -0.314 e. The highest BCUT2D eigenvalue weighted by molar-refractivity contribution is 7.90. The number of aryl methyl sites for hydroxylation is 1. The van der Waals surface area contributed by atoms with E-state index in [1.165, 1.54) is 4.31 Å². The molecule has 1 aliphatic rings. The summed E-state index contributed by atoms with van der Waals surface area (Å²) >= 11 is 0. The van der Waals surface area contributed by atoms with Crippen molar-refractivity contribution in [1.82, 2.24) is 14.6 Å². The van der Waals surface area contributed by atoms with Gasteiger partial charge in [-0.1, -0.05) is 6.07 Å². The van der Waals surface area contributed by atoms with Gasteiger partial charge in [0.25, 0.3) is 0 Å². The second-order valence-electron chi connectivity index (χ2n) is 3.93. The smallest absolute Gasteiger partial charge is 0.302 e. The minimum absolute atomic E-state index is 0.394. The number of hydrogen-bond acceptors (Lipinski definition) is 4. The first kappa shape index (κ1) is 12.3. The van der Waals surface area contributed by atoms with Crippen molar-refractivity contribution in [2.45, 2.75) is 6.92 Å². The Kier molecular flexibility index (Phi) is 3.60. The fourth-order valence-corrected chi connectivity index (χ4v) is 2.91. The van der Waals surface area contributed by atoms with Gasteiger partial charge in [0.2, 0.25) is 0 Å². The Morgan fingerprint density at radius 1 is 1.41 bits per heavy atom. The molecule has 6 nitrogen and oxygen atoms in total. The number of rotatable bonds is 3. The van der Waals surface area contributed by atoms with Crippen LogP contribution in [0.2, 0.25) is 0 Å². The van der Waals surface area contributed by atoms with Gasteiger partial charge in [-0.05, 0) is 18.6 Å². The van der Waals surface area contributed by atoms with E-state index in [9.17, 15) is 8.42 Å². The van der Waals surface area contributed by atoms with Crippen molar-refractivity contribution in [3.05, 3.63) is 23.9 Å². The summed E-state index contributed by atoms with van der Waals surface area (Å²) in [5, 5.41) is 3.11. The topological polar surface area (TPSA) is 74.3 Å². The fourth-order valence-electron chi connectivity index (χ4n) is 1.66. The maximum atomic E-state index is 12.1. The average molecular weight is 256 g/mol. The molecule has 0 unspecified atom stereocenters. The molecule has 2 heterocycles. The van der Waals surface area contributed by atoms with Crippen molar-refractivity contribution in [1.29, 1.82) is 0 Å². The Labute approximate surface area is 101 Å². The van der Waals surface area contributed by atoms with E-state index >= 15 is 0 Å². The van der Waals surface area contributed by atoms with Crippen LogP contribution in [0.15, 0.2) is 18.3 Å². The van der Waals surface area contributed by atoms with Crippen molar-refractivity contribution in [2.75, 3.05) is 30.9 Å². The van der Waals surface area contributed by atoms with Crippen LogP contribution in [0.5, 0.6) is 0 Å². The molecule has 0 radical (unpaired) electrons. The number of nitrogens with zero attached hydrogens (tertiary/aromatic N) is 2. The molecular formula is C10H16N4O2S. The van der Waals surface area contributed by atoms with Crippen molar-refractivity contribution >= 4 is 16.0 Å². The second-order valence-corrected chi connectivity index (χ2v) is 5.60. The van der Waals surface area contributed by atoms with Crippen LogP contribution in [0.25, 0.3) is 0 Å². The predicted octanol–water partition coefficient (Wildman–Crippen LogP) is -0.0481. The third-order valence-corrected chi connectivity index (χ3v) is 4.15. The summed E-state index contributed by atoms with van der Waals surface area (Å²) in [6, 6.07) is 3.60. The highest BCUT2D eigenvalue weighted by Crippen LogP contribution is 2.13. The van der Waals surface area contributed by atoms with Crippen molar-refractivity contribution < 1.29 is 8.42 Å². The Bertz CT molecular complexity index is 483. The molecule has 0 aromatic carbocycles. The standard InChI is InChI=1S/C10H16N4O2S/c1-9-3-2-4-12-10(9)13-17(15,16)14-7-5-11-6-8-14/h2-4,11H,5-8H2,1H3,(H,12,13). The molecule has 0 aliphatic carbocycles. The van der Waals surface area contributed by atoms with Crippen LogP contribution in [-0.2, 0) is 10.2 Å². The number of piperazine rings is 1. The molecule has 0 atom stereocenters. The maximum Gasteiger partial charge on any atom is 0.302 e. The van der Waals surface area contributed by atoms with Gasteiger partial charge in [0.15, 0.2) is 0 Å². The molecule has 17 heavy (non-hydrogen) atoms. The van der Waals surface area contributed by atoms with Gasteiger partial charge in [0, 0.05) is 32.4 Å². The molecular weight excluding hydrogens is 240 g/mol. The summed E-state index contributed by atoms with van der Waals surface area (Å²) < 4.78 is 28.1. The molecule has 1 aromatic heterocycles. The molecule has 1 saturated heterocycles. The van der Waals surface area contributed by atoms with Crippen molar-refractivity contribution in [2.24, 2.45) is 0 Å². The first-order valence-electron chi connectivity index (χ1n) is 5.50. The Morgan fingerprint density at radius 2 is 2.12 bits per heavy atom. The molecule has 0 saturated carbocycles. The van der Waals surface area contributed by atoms with Gasteiger partial charge < -0.3 is 5.32 Å². The van der Waals surface area contributed by atoms with Crippen LogP contribution < -0.4 is 10.0 Å². The van der Waals surface area contributed by atoms with E-state index in [4.69, 9.17) is 0 Å². The minimum atomic E-state index is -3.48. The predicted molar refractivity (Wildman–Crippen MR) is 66.0 cm³/mol. The number of pyridine rings is 1. The SMILES string of the molecule is Cc1cccnc1NS(=O)(=O)N1CCNCC1. The molecule has 0 bridgehead atoms. The lowest BCUT2D eigenvalue weighted by Crippen LogP contribution is -2.48. The largest absolute Gasteiger partial charge is 0.314 e.